The number of benzene rings is 1. The van der Waals surface area contributed by atoms with Crippen LogP contribution in [-0.4, -0.2) is 12.9 Å². The first-order chi connectivity index (χ1) is 6.20. The van der Waals surface area contributed by atoms with Gasteiger partial charge in [0.15, 0.2) is 0 Å². The Morgan fingerprint density at radius 3 is 2.23 bits per heavy atom. The lowest BCUT2D eigenvalue weighted by Gasteiger charge is -2.10. The van der Waals surface area contributed by atoms with Crippen molar-refractivity contribution in [2.24, 2.45) is 10.8 Å². The molecule has 1 aromatic rings. The maximum absolute atomic E-state index is 5.37. The average molecular weight is 177 g/mol. The van der Waals surface area contributed by atoms with Crippen molar-refractivity contribution in [3.8, 4) is 0 Å². The van der Waals surface area contributed by atoms with Crippen LogP contribution in [0.4, 0.5) is 0 Å². The first kappa shape index (κ1) is 9.74. The lowest BCUT2D eigenvalue weighted by molar-refractivity contribution is 1.01. The van der Waals surface area contributed by atoms with E-state index >= 15 is 0 Å². The van der Waals surface area contributed by atoms with Crippen molar-refractivity contribution in [3.05, 3.63) is 34.9 Å². The van der Waals surface area contributed by atoms with E-state index in [1.807, 2.05) is 32.0 Å². The second kappa shape index (κ2) is 4.05. The third-order valence-electron chi connectivity index (χ3n) is 2.08. The number of aliphatic imine (C=N–C) groups is 1. The molecule has 0 aromatic heterocycles. The van der Waals surface area contributed by atoms with Crippen LogP contribution < -0.4 is 11.3 Å². The zero-order valence-electron chi connectivity index (χ0n) is 8.26. The Balaban J connectivity index is 3.27. The third kappa shape index (κ3) is 1.87. The molecule has 1 aromatic carbocycles. The quantitative estimate of drug-likeness (QED) is 0.292. The molecule has 0 spiro atoms. The highest BCUT2D eigenvalue weighted by molar-refractivity contribution is 6.00. The first-order valence-corrected chi connectivity index (χ1v) is 4.20. The number of amidine groups is 1. The molecule has 0 heterocycles. The fraction of sp³-hybridized carbons (Fsp3) is 0.300. The van der Waals surface area contributed by atoms with Crippen molar-refractivity contribution >= 4 is 5.84 Å². The summed E-state index contributed by atoms with van der Waals surface area (Å²) in [6, 6.07) is 6.12. The molecule has 0 saturated heterocycles. The molecular weight excluding hydrogens is 162 g/mol. The maximum atomic E-state index is 5.37. The predicted molar refractivity (Wildman–Crippen MR) is 55.7 cm³/mol. The SMILES string of the molecule is CN=C(NN)c1c(C)cccc1C. The van der Waals surface area contributed by atoms with Gasteiger partial charge in [0.2, 0.25) is 0 Å². The van der Waals surface area contributed by atoms with Gasteiger partial charge in [-0.3, -0.25) is 4.99 Å². The number of hydrazine groups is 1. The van der Waals surface area contributed by atoms with Gasteiger partial charge in [0.25, 0.3) is 0 Å². The van der Waals surface area contributed by atoms with E-state index in [0.29, 0.717) is 0 Å². The molecule has 70 valence electrons. The van der Waals surface area contributed by atoms with E-state index in [9.17, 15) is 0 Å². The minimum Gasteiger partial charge on any atom is -0.308 e. The topological polar surface area (TPSA) is 50.4 Å². The van der Waals surface area contributed by atoms with Gasteiger partial charge in [0, 0.05) is 12.6 Å². The summed E-state index contributed by atoms with van der Waals surface area (Å²) in [5.41, 5.74) is 6.05. The van der Waals surface area contributed by atoms with E-state index in [-0.39, 0.29) is 0 Å². The van der Waals surface area contributed by atoms with E-state index in [1.165, 1.54) is 11.1 Å². The van der Waals surface area contributed by atoms with Gasteiger partial charge in [-0.1, -0.05) is 18.2 Å². The van der Waals surface area contributed by atoms with Crippen molar-refractivity contribution in [1.82, 2.24) is 5.43 Å². The molecule has 1 rings (SSSR count). The molecule has 3 N–H and O–H groups in total. The molecule has 0 atom stereocenters. The highest BCUT2D eigenvalue weighted by Gasteiger charge is 2.06. The number of rotatable bonds is 1. The van der Waals surface area contributed by atoms with Gasteiger partial charge < -0.3 is 5.43 Å². The van der Waals surface area contributed by atoms with Crippen molar-refractivity contribution in [1.29, 1.82) is 0 Å². The van der Waals surface area contributed by atoms with Gasteiger partial charge in [0.05, 0.1) is 0 Å². The highest BCUT2D eigenvalue weighted by atomic mass is 15.2. The van der Waals surface area contributed by atoms with E-state index in [2.05, 4.69) is 10.4 Å². The summed E-state index contributed by atoms with van der Waals surface area (Å²) >= 11 is 0. The first-order valence-electron chi connectivity index (χ1n) is 4.20. The number of nitrogens with zero attached hydrogens (tertiary/aromatic N) is 1. The summed E-state index contributed by atoms with van der Waals surface area (Å²) < 4.78 is 0. The monoisotopic (exact) mass is 177 g/mol. The summed E-state index contributed by atoms with van der Waals surface area (Å²) in [6.07, 6.45) is 0. The van der Waals surface area contributed by atoms with Gasteiger partial charge in [-0.25, -0.2) is 5.84 Å². The minimum absolute atomic E-state index is 0.732. The van der Waals surface area contributed by atoms with Crippen LogP contribution in [0.25, 0.3) is 0 Å². The molecule has 0 saturated carbocycles. The van der Waals surface area contributed by atoms with Gasteiger partial charge in [-0.05, 0) is 25.0 Å². The lowest BCUT2D eigenvalue weighted by Crippen LogP contribution is -2.32. The van der Waals surface area contributed by atoms with Gasteiger partial charge in [0.1, 0.15) is 5.84 Å². The van der Waals surface area contributed by atoms with Crippen molar-refractivity contribution in [2.45, 2.75) is 13.8 Å². The molecule has 0 radical (unpaired) electrons. The van der Waals surface area contributed by atoms with Crippen LogP contribution in [0.2, 0.25) is 0 Å². The summed E-state index contributed by atoms with van der Waals surface area (Å²) in [5, 5.41) is 0. The molecule has 0 aliphatic rings. The summed E-state index contributed by atoms with van der Waals surface area (Å²) in [5.74, 6) is 6.10. The Labute approximate surface area is 78.6 Å². The Morgan fingerprint density at radius 2 is 1.85 bits per heavy atom. The van der Waals surface area contributed by atoms with Crippen LogP contribution in [0.3, 0.4) is 0 Å². The smallest absolute Gasteiger partial charge is 0.142 e. The van der Waals surface area contributed by atoms with Gasteiger partial charge >= 0.3 is 0 Å². The summed E-state index contributed by atoms with van der Waals surface area (Å²) in [6.45, 7) is 4.09. The standard InChI is InChI=1S/C10H15N3/c1-7-5-4-6-8(2)9(7)10(12-3)13-11/h4-6H,11H2,1-3H3,(H,12,13). The number of nitrogens with one attached hydrogen (secondary N) is 1. The van der Waals surface area contributed by atoms with Crippen molar-refractivity contribution in [3.63, 3.8) is 0 Å². The molecule has 3 nitrogen and oxygen atoms in total. The highest BCUT2D eigenvalue weighted by Crippen LogP contribution is 2.12. The normalized spacial score (nSPS) is 11.5. The molecule has 0 unspecified atom stereocenters. The number of nitrogens with two attached hydrogens (primary N) is 1. The van der Waals surface area contributed by atoms with Crippen LogP contribution in [0.15, 0.2) is 23.2 Å². The summed E-state index contributed by atoms with van der Waals surface area (Å²) in [4.78, 5) is 4.08. The molecule has 0 bridgehead atoms. The number of hydrogen-bond donors (Lipinski definition) is 2. The second-order valence-corrected chi connectivity index (χ2v) is 2.98. The lowest BCUT2D eigenvalue weighted by atomic mass is 10.0. The van der Waals surface area contributed by atoms with Gasteiger partial charge in [-0.15, -0.1) is 0 Å². The average Bonchev–Trinajstić information content (AvgIpc) is 2.11. The molecular formula is C10H15N3. The largest absolute Gasteiger partial charge is 0.308 e. The van der Waals surface area contributed by atoms with Crippen LogP contribution in [0, 0.1) is 13.8 Å². The Kier molecular flexibility index (Phi) is 3.03. The van der Waals surface area contributed by atoms with Crippen LogP contribution in [0.1, 0.15) is 16.7 Å². The number of aryl methyl sites for hydroxylation is 2. The molecule has 0 aliphatic heterocycles. The zero-order chi connectivity index (χ0) is 9.84. The third-order valence-corrected chi connectivity index (χ3v) is 2.08. The molecule has 0 fully saturated rings. The molecule has 3 heteroatoms. The fourth-order valence-electron chi connectivity index (χ4n) is 1.44. The van der Waals surface area contributed by atoms with E-state index < -0.39 is 0 Å². The molecule has 0 amide bonds. The van der Waals surface area contributed by atoms with E-state index in [0.717, 1.165) is 11.4 Å². The molecule has 0 aliphatic carbocycles. The Hall–Kier alpha value is -1.35. The maximum Gasteiger partial charge on any atom is 0.142 e. The van der Waals surface area contributed by atoms with Crippen LogP contribution in [-0.2, 0) is 0 Å². The van der Waals surface area contributed by atoms with E-state index in [1.54, 1.807) is 7.05 Å². The number of hydrogen-bond acceptors (Lipinski definition) is 2. The minimum atomic E-state index is 0.732. The zero-order valence-corrected chi connectivity index (χ0v) is 8.26. The van der Waals surface area contributed by atoms with E-state index in [4.69, 9.17) is 5.84 Å². The van der Waals surface area contributed by atoms with Crippen molar-refractivity contribution in [2.75, 3.05) is 7.05 Å². The Morgan fingerprint density at radius 1 is 1.31 bits per heavy atom. The van der Waals surface area contributed by atoms with Gasteiger partial charge in [-0.2, -0.15) is 0 Å². The van der Waals surface area contributed by atoms with Crippen LogP contribution in [0.5, 0.6) is 0 Å². The summed E-state index contributed by atoms with van der Waals surface area (Å²) in [7, 11) is 1.72. The fourth-order valence-corrected chi connectivity index (χ4v) is 1.44. The van der Waals surface area contributed by atoms with Crippen molar-refractivity contribution < 1.29 is 0 Å². The molecule has 13 heavy (non-hydrogen) atoms. The van der Waals surface area contributed by atoms with Crippen LogP contribution >= 0.6 is 0 Å². The predicted octanol–water partition coefficient (Wildman–Crippen LogP) is 1.14. The second-order valence-electron chi connectivity index (χ2n) is 2.98. The Bertz CT molecular complexity index is 309.